The van der Waals surface area contributed by atoms with Gasteiger partial charge >= 0.3 is 0 Å². The third-order valence-electron chi connectivity index (χ3n) is 8.55. The van der Waals surface area contributed by atoms with Gasteiger partial charge in [-0.15, -0.1) is 0 Å². The van der Waals surface area contributed by atoms with E-state index < -0.39 is 6.04 Å². The predicted molar refractivity (Wildman–Crippen MR) is 154 cm³/mol. The van der Waals surface area contributed by atoms with Crippen molar-refractivity contribution in [3.05, 3.63) is 66.0 Å². The molecule has 204 valence electrons. The number of carbonyl (C=O) groups is 1. The Morgan fingerprint density at radius 2 is 1.72 bits per heavy atom. The highest BCUT2D eigenvalue weighted by Gasteiger charge is 2.39. The number of hydrogen-bond donors (Lipinski definition) is 2. The van der Waals surface area contributed by atoms with Gasteiger partial charge in [-0.1, -0.05) is 56.3 Å². The molecule has 0 bridgehead atoms. The summed E-state index contributed by atoms with van der Waals surface area (Å²) >= 11 is 0. The molecule has 1 amide bonds. The number of rotatable bonds is 8. The normalized spacial score (nSPS) is 23.4. The topological polar surface area (TPSA) is 111 Å². The van der Waals surface area contributed by atoms with Crippen molar-refractivity contribution in [2.45, 2.75) is 63.6 Å². The number of nitrogens with two attached hydrogens (primary N) is 1. The van der Waals surface area contributed by atoms with Gasteiger partial charge in [-0.3, -0.25) is 14.6 Å². The smallest absolute Gasteiger partial charge is 0.240 e. The summed E-state index contributed by atoms with van der Waals surface area (Å²) in [5.74, 6) is 1.06. The fraction of sp³-hybridized carbons (Fsp3) is 0.484. The van der Waals surface area contributed by atoms with Crippen molar-refractivity contribution >= 4 is 22.6 Å². The first-order valence-corrected chi connectivity index (χ1v) is 14.1. The Balaban J connectivity index is 1.21. The van der Waals surface area contributed by atoms with Crippen LogP contribution in [0.1, 0.15) is 50.9 Å². The summed E-state index contributed by atoms with van der Waals surface area (Å²) in [7, 11) is 0. The number of anilines is 1. The molecule has 1 atom stereocenters. The molecule has 1 saturated carbocycles. The molecular weight excluding hydrogens is 486 g/mol. The predicted octanol–water partition coefficient (Wildman–Crippen LogP) is 4.07. The molecule has 3 N–H and O–H groups in total. The lowest BCUT2D eigenvalue weighted by Crippen LogP contribution is -2.51. The van der Waals surface area contributed by atoms with E-state index in [4.69, 9.17) is 15.7 Å². The van der Waals surface area contributed by atoms with Gasteiger partial charge in [-0.05, 0) is 49.3 Å². The summed E-state index contributed by atoms with van der Waals surface area (Å²) in [6.45, 7) is 8.52. The van der Waals surface area contributed by atoms with E-state index in [1.54, 1.807) is 0 Å². The standard InChI is InChI=1S/C31H39N7O/c1-22(2)28(29(33)39)36-30-25-10-6-7-11-26(25)34-27(35-30)20-37-16-18-38(19-17-37)24-12-14-31(21-32,15-13-24)23-8-4-3-5-9-23/h3-11,22,24,28H,12-20H2,1-2H3,(H2,33,39)(H,34,35,36)/t24?,28-,31?/m0/s1. The van der Waals surface area contributed by atoms with Crippen LogP contribution in [-0.2, 0) is 16.8 Å². The van der Waals surface area contributed by atoms with Gasteiger partial charge in [0.2, 0.25) is 5.91 Å². The maximum atomic E-state index is 12.1. The van der Waals surface area contributed by atoms with Gasteiger partial charge in [0, 0.05) is 37.6 Å². The van der Waals surface area contributed by atoms with Crippen molar-refractivity contribution in [2.75, 3.05) is 31.5 Å². The molecular formula is C31H39N7O. The van der Waals surface area contributed by atoms with Crippen LogP contribution in [0.15, 0.2) is 54.6 Å². The molecule has 8 nitrogen and oxygen atoms in total. The summed E-state index contributed by atoms with van der Waals surface area (Å²) in [6.07, 6.45) is 3.95. The summed E-state index contributed by atoms with van der Waals surface area (Å²) < 4.78 is 0. The highest BCUT2D eigenvalue weighted by molar-refractivity contribution is 5.91. The molecule has 2 aliphatic rings. The number of primary amides is 1. The fourth-order valence-electron chi connectivity index (χ4n) is 6.19. The van der Waals surface area contributed by atoms with Gasteiger partial charge in [0.1, 0.15) is 17.7 Å². The minimum Gasteiger partial charge on any atom is -0.368 e. The average Bonchev–Trinajstić information content (AvgIpc) is 2.96. The number of nitrogens with zero attached hydrogens (tertiary/aromatic N) is 5. The monoisotopic (exact) mass is 525 g/mol. The summed E-state index contributed by atoms with van der Waals surface area (Å²) in [4.78, 5) is 26.8. The van der Waals surface area contributed by atoms with Gasteiger partial charge in [0.15, 0.2) is 0 Å². The Kier molecular flexibility index (Phi) is 8.10. The van der Waals surface area contributed by atoms with Crippen LogP contribution in [0.4, 0.5) is 5.82 Å². The van der Waals surface area contributed by atoms with Crippen LogP contribution >= 0.6 is 0 Å². The van der Waals surface area contributed by atoms with E-state index in [2.05, 4.69) is 33.3 Å². The first-order chi connectivity index (χ1) is 18.9. The number of nitrogens with one attached hydrogen (secondary N) is 1. The van der Waals surface area contributed by atoms with Crippen molar-refractivity contribution in [2.24, 2.45) is 11.7 Å². The third-order valence-corrected chi connectivity index (χ3v) is 8.55. The van der Waals surface area contributed by atoms with Gasteiger partial charge in [-0.2, -0.15) is 5.26 Å². The summed E-state index contributed by atoms with van der Waals surface area (Å²) in [6, 6.07) is 20.9. The molecule has 2 heterocycles. The highest BCUT2D eigenvalue weighted by Crippen LogP contribution is 2.40. The Morgan fingerprint density at radius 3 is 2.36 bits per heavy atom. The van der Waals surface area contributed by atoms with Crippen LogP contribution in [-0.4, -0.2) is 63.9 Å². The molecule has 3 aromatic rings. The molecule has 2 fully saturated rings. The lowest BCUT2D eigenvalue weighted by Gasteiger charge is -2.43. The number of carbonyl (C=O) groups excluding carboxylic acids is 1. The van der Waals surface area contributed by atoms with E-state index in [-0.39, 0.29) is 17.2 Å². The highest BCUT2D eigenvalue weighted by atomic mass is 16.1. The zero-order valence-electron chi connectivity index (χ0n) is 23.0. The van der Waals surface area contributed by atoms with Crippen molar-refractivity contribution in [1.29, 1.82) is 5.26 Å². The van der Waals surface area contributed by atoms with E-state index in [0.717, 1.165) is 74.2 Å². The van der Waals surface area contributed by atoms with Crippen LogP contribution < -0.4 is 11.1 Å². The van der Waals surface area contributed by atoms with Crippen LogP contribution in [0.25, 0.3) is 10.9 Å². The fourth-order valence-corrected chi connectivity index (χ4v) is 6.19. The number of piperazine rings is 1. The summed E-state index contributed by atoms with van der Waals surface area (Å²) in [5, 5.41) is 14.2. The molecule has 1 aliphatic carbocycles. The van der Waals surface area contributed by atoms with Crippen LogP contribution in [0.5, 0.6) is 0 Å². The largest absolute Gasteiger partial charge is 0.368 e. The second-order valence-corrected chi connectivity index (χ2v) is 11.4. The first kappa shape index (κ1) is 27.0. The number of nitriles is 1. The van der Waals surface area contributed by atoms with E-state index in [1.807, 2.05) is 56.3 Å². The Hall–Kier alpha value is -3.54. The SMILES string of the molecule is CC(C)[C@H](Nc1nc(CN2CCN(C3CCC(C#N)(c4ccccc4)CC3)CC2)nc2ccccc12)C(N)=O. The Labute approximate surface area is 231 Å². The number of fused-ring (bicyclic) bond motifs is 1. The molecule has 5 rings (SSSR count). The molecule has 0 spiro atoms. The number of aromatic nitrogens is 2. The van der Waals surface area contributed by atoms with Gasteiger partial charge in [0.25, 0.3) is 0 Å². The lowest BCUT2D eigenvalue weighted by atomic mass is 9.69. The molecule has 1 aromatic heterocycles. The maximum Gasteiger partial charge on any atom is 0.240 e. The maximum absolute atomic E-state index is 12.1. The molecule has 0 unspecified atom stereocenters. The van der Waals surface area contributed by atoms with E-state index >= 15 is 0 Å². The van der Waals surface area contributed by atoms with E-state index in [9.17, 15) is 10.1 Å². The number of para-hydroxylation sites is 1. The van der Waals surface area contributed by atoms with Gasteiger partial charge < -0.3 is 11.1 Å². The quantitative estimate of drug-likeness (QED) is 0.456. The molecule has 1 saturated heterocycles. The van der Waals surface area contributed by atoms with Gasteiger partial charge in [-0.25, -0.2) is 9.97 Å². The van der Waals surface area contributed by atoms with Crippen molar-refractivity contribution in [3.8, 4) is 6.07 Å². The van der Waals surface area contributed by atoms with E-state index in [1.165, 1.54) is 0 Å². The first-order valence-electron chi connectivity index (χ1n) is 14.1. The number of amides is 1. The van der Waals surface area contributed by atoms with Crippen LogP contribution in [0.3, 0.4) is 0 Å². The van der Waals surface area contributed by atoms with Crippen LogP contribution in [0, 0.1) is 17.2 Å². The zero-order chi connectivity index (χ0) is 27.4. The minimum atomic E-state index is -0.503. The van der Waals surface area contributed by atoms with Crippen molar-refractivity contribution < 1.29 is 4.79 Å². The third kappa shape index (κ3) is 5.90. The average molecular weight is 526 g/mol. The molecule has 0 radical (unpaired) electrons. The zero-order valence-corrected chi connectivity index (χ0v) is 23.0. The molecule has 39 heavy (non-hydrogen) atoms. The second kappa shape index (κ2) is 11.7. The van der Waals surface area contributed by atoms with E-state index in [0.29, 0.717) is 18.4 Å². The number of benzene rings is 2. The molecule has 1 aliphatic heterocycles. The molecule has 2 aromatic carbocycles. The minimum absolute atomic E-state index is 0.0403. The lowest BCUT2D eigenvalue weighted by molar-refractivity contribution is -0.119. The Morgan fingerprint density at radius 1 is 1.05 bits per heavy atom. The van der Waals surface area contributed by atoms with Crippen LogP contribution in [0.2, 0.25) is 0 Å². The Bertz CT molecular complexity index is 1320. The van der Waals surface area contributed by atoms with Crippen molar-refractivity contribution in [3.63, 3.8) is 0 Å². The second-order valence-electron chi connectivity index (χ2n) is 11.4. The number of hydrogen-bond acceptors (Lipinski definition) is 7. The van der Waals surface area contributed by atoms with Crippen molar-refractivity contribution in [1.82, 2.24) is 19.8 Å². The summed E-state index contributed by atoms with van der Waals surface area (Å²) in [5.41, 5.74) is 7.35. The van der Waals surface area contributed by atoms with Gasteiger partial charge in [0.05, 0.1) is 23.5 Å². The molecule has 8 heteroatoms.